The topological polar surface area (TPSA) is 46.9 Å². The third-order valence-corrected chi connectivity index (χ3v) is 3.84. The molecule has 0 spiro atoms. The number of nitrogens with zero attached hydrogens (tertiary/aromatic N) is 2. The van der Waals surface area contributed by atoms with Crippen molar-refractivity contribution in [2.24, 2.45) is 0 Å². The maximum absolute atomic E-state index is 13.2. The summed E-state index contributed by atoms with van der Waals surface area (Å²) in [5.74, 6) is -0.305. The van der Waals surface area contributed by atoms with Crippen LogP contribution in [-0.4, -0.2) is 15.7 Å². The van der Waals surface area contributed by atoms with Crippen LogP contribution in [0, 0.1) is 5.82 Å². The van der Waals surface area contributed by atoms with Crippen molar-refractivity contribution in [1.82, 2.24) is 9.78 Å². The van der Waals surface area contributed by atoms with Crippen LogP contribution < -0.4 is 5.32 Å². The van der Waals surface area contributed by atoms with Crippen molar-refractivity contribution in [3.8, 4) is 0 Å². The van der Waals surface area contributed by atoms with Gasteiger partial charge in [-0.1, -0.05) is 35.3 Å². The highest BCUT2D eigenvalue weighted by atomic mass is 35.5. The molecule has 2 aromatic carbocycles. The molecular formula is C17H12Cl2FN3O. The number of benzene rings is 2. The number of carbonyl (C=O) groups excluding carboxylic acids is 1. The normalized spacial score (nSPS) is 10.6. The number of carbonyl (C=O) groups is 1. The Morgan fingerprint density at radius 2 is 2.00 bits per heavy atom. The molecule has 1 aromatic heterocycles. The Bertz CT molecular complexity index is 895. The smallest absolute Gasteiger partial charge is 0.258 e. The lowest BCUT2D eigenvalue weighted by Gasteiger charge is -2.05. The fourth-order valence-corrected chi connectivity index (χ4v) is 2.69. The maximum atomic E-state index is 13.2. The first kappa shape index (κ1) is 16.5. The molecule has 1 heterocycles. The number of hydrogen-bond donors (Lipinski definition) is 1. The maximum Gasteiger partial charge on any atom is 0.258 e. The first-order chi connectivity index (χ1) is 11.5. The number of hydrogen-bond acceptors (Lipinski definition) is 2. The molecule has 122 valence electrons. The molecular weight excluding hydrogens is 352 g/mol. The molecule has 0 fully saturated rings. The van der Waals surface area contributed by atoms with Gasteiger partial charge in [-0.25, -0.2) is 4.39 Å². The van der Waals surface area contributed by atoms with E-state index in [2.05, 4.69) is 10.4 Å². The molecule has 1 N–H and O–H groups in total. The summed E-state index contributed by atoms with van der Waals surface area (Å²) < 4.78 is 14.8. The number of amides is 1. The lowest BCUT2D eigenvalue weighted by molar-refractivity contribution is 0.102. The zero-order valence-electron chi connectivity index (χ0n) is 12.3. The Morgan fingerprint density at radius 1 is 1.17 bits per heavy atom. The van der Waals surface area contributed by atoms with Crippen LogP contribution in [0.2, 0.25) is 10.0 Å². The standard InChI is InChI=1S/C17H12Cl2FN3O/c18-12-4-5-14(15(19)9-12)17(24)21-16-6-7-23(22-16)10-11-2-1-3-13(20)8-11/h1-9H,10H2,(H,21,22,24). The second-order valence-electron chi connectivity index (χ2n) is 5.11. The van der Waals surface area contributed by atoms with Crippen molar-refractivity contribution in [3.63, 3.8) is 0 Å². The van der Waals surface area contributed by atoms with E-state index in [1.54, 1.807) is 41.2 Å². The molecule has 24 heavy (non-hydrogen) atoms. The summed E-state index contributed by atoms with van der Waals surface area (Å²) in [5, 5.41) is 7.62. The zero-order chi connectivity index (χ0) is 17.1. The third-order valence-electron chi connectivity index (χ3n) is 3.29. The summed E-state index contributed by atoms with van der Waals surface area (Å²) >= 11 is 11.8. The molecule has 0 aliphatic carbocycles. The van der Waals surface area contributed by atoms with Crippen LogP contribution in [0.15, 0.2) is 54.7 Å². The van der Waals surface area contributed by atoms with Gasteiger partial charge in [-0.3, -0.25) is 9.48 Å². The molecule has 0 atom stereocenters. The van der Waals surface area contributed by atoms with Crippen LogP contribution in [0.25, 0.3) is 0 Å². The minimum absolute atomic E-state index is 0.263. The molecule has 0 saturated carbocycles. The van der Waals surface area contributed by atoms with E-state index in [0.29, 0.717) is 22.9 Å². The number of aromatic nitrogens is 2. The lowest BCUT2D eigenvalue weighted by Crippen LogP contribution is -2.13. The highest BCUT2D eigenvalue weighted by Gasteiger charge is 2.12. The van der Waals surface area contributed by atoms with Gasteiger partial charge in [0, 0.05) is 17.3 Å². The number of halogens is 3. The molecule has 1 amide bonds. The van der Waals surface area contributed by atoms with Gasteiger partial charge in [0.1, 0.15) is 5.82 Å². The molecule has 0 bridgehead atoms. The Kier molecular flexibility index (Phi) is 4.83. The van der Waals surface area contributed by atoms with E-state index in [1.807, 2.05) is 0 Å². The average molecular weight is 364 g/mol. The monoisotopic (exact) mass is 363 g/mol. The van der Waals surface area contributed by atoms with Crippen molar-refractivity contribution in [3.05, 3.63) is 81.7 Å². The van der Waals surface area contributed by atoms with Crippen LogP contribution in [0.3, 0.4) is 0 Å². The minimum atomic E-state index is -0.382. The zero-order valence-corrected chi connectivity index (χ0v) is 13.9. The van der Waals surface area contributed by atoms with Gasteiger partial charge in [0.2, 0.25) is 0 Å². The van der Waals surface area contributed by atoms with Gasteiger partial charge in [-0.05, 0) is 35.9 Å². The van der Waals surface area contributed by atoms with Gasteiger partial charge in [0.25, 0.3) is 5.91 Å². The lowest BCUT2D eigenvalue weighted by atomic mass is 10.2. The third kappa shape index (κ3) is 3.93. The van der Waals surface area contributed by atoms with E-state index in [9.17, 15) is 9.18 Å². The fraction of sp³-hybridized carbons (Fsp3) is 0.0588. The predicted molar refractivity (Wildman–Crippen MR) is 92.1 cm³/mol. The van der Waals surface area contributed by atoms with Crippen LogP contribution in [-0.2, 0) is 6.54 Å². The van der Waals surface area contributed by atoms with Gasteiger partial charge in [0.05, 0.1) is 17.1 Å². The summed E-state index contributed by atoms with van der Waals surface area (Å²) in [7, 11) is 0. The van der Waals surface area contributed by atoms with Crippen molar-refractivity contribution in [1.29, 1.82) is 0 Å². The van der Waals surface area contributed by atoms with Crippen molar-refractivity contribution in [2.75, 3.05) is 5.32 Å². The highest BCUT2D eigenvalue weighted by Crippen LogP contribution is 2.21. The summed E-state index contributed by atoms with van der Waals surface area (Å²) in [6.45, 7) is 0.398. The first-order valence-electron chi connectivity index (χ1n) is 7.05. The fourth-order valence-electron chi connectivity index (χ4n) is 2.20. The second kappa shape index (κ2) is 7.03. The Hall–Kier alpha value is -2.37. The quantitative estimate of drug-likeness (QED) is 0.734. The molecule has 7 heteroatoms. The van der Waals surface area contributed by atoms with Gasteiger partial charge in [-0.15, -0.1) is 0 Å². The first-order valence-corrected chi connectivity index (χ1v) is 7.81. The highest BCUT2D eigenvalue weighted by molar-refractivity contribution is 6.37. The molecule has 0 aliphatic rings. The number of anilines is 1. The Labute approximate surface area is 147 Å². The van der Waals surface area contributed by atoms with Crippen molar-refractivity contribution >= 4 is 34.9 Å². The Balaban J connectivity index is 1.70. The molecule has 3 rings (SSSR count). The van der Waals surface area contributed by atoms with E-state index in [0.717, 1.165) is 5.56 Å². The van der Waals surface area contributed by atoms with Crippen LogP contribution in [0.5, 0.6) is 0 Å². The number of rotatable bonds is 4. The van der Waals surface area contributed by atoms with E-state index in [1.165, 1.54) is 18.2 Å². The molecule has 0 saturated heterocycles. The van der Waals surface area contributed by atoms with E-state index in [-0.39, 0.29) is 16.7 Å². The van der Waals surface area contributed by atoms with Gasteiger partial charge in [0.15, 0.2) is 5.82 Å². The van der Waals surface area contributed by atoms with Crippen molar-refractivity contribution in [2.45, 2.75) is 6.54 Å². The van der Waals surface area contributed by atoms with Crippen LogP contribution in [0.1, 0.15) is 15.9 Å². The minimum Gasteiger partial charge on any atom is -0.305 e. The molecule has 0 radical (unpaired) electrons. The largest absolute Gasteiger partial charge is 0.305 e. The molecule has 0 aliphatic heterocycles. The molecule has 3 aromatic rings. The van der Waals surface area contributed by atoms with E-state index in [4.69, 9.17) is 23.2 Å². The SMILES string of the molecule is O=C(Nc1ccn(Cc2cccc(F)c2)n1)c1ccc(Cl)cc1Cl. The number of nitrogens with one attached hydrogen (secondary N) is 1. The van der Waals surface area contributed by atoms with Crippen molar-refractivity contribution < 1.29 is 9.18 Å². The van der Waals surface area contributed by atoms with Gasteiger partial charge >= 0.3 is 0 Å². The summed E-state index contributed by atoms with van der Waals surface area (Å²) in [4.78, 5) is 12.2. The van der Waals surface area contributed by atoms with Gasteiger partial charge in [-0.2, -0.15) is 5.10 Å². The van der Waals surface area contributed by atoms with Crippen LogP contribution >= 0.6 is 23.2 Å². The predicted octanol–water partition coefficient (Wildman–Crippen LogP) is 4.63. The van der Waals surface area contributed by atoms with Crippen LogP contribution in [0.4, 0.5) is 10.2 Å². The molecule has 0 unspecified atom stereocenters. The second-order valence-corrected chi connectivity index (χ2v) is 5.95. The summed E-state index contributed by atoms with van der Waals surface area (Å²) in [5.41, 5.74) is 1.08. The Morgan fingerprint density at radius 3 is 2.75 bits per heavy atom. The van der Waals surface area contributed by atoms with E-state index >= 15 is 0 Å². The molecule has 4 nitrogen and oxygen atoms in total. The average Bonchev–Trinajstić information content (AvgIpc) is 2.94. The van der Waals surface area contributed by atoms with Gasteiger partial charge < -0.3 is 5.32 Å². The summed E-state index contributed by atoms with van der Waals surface area (Å²) in [6.07, 6.45) is 1.70. The summed E-state index contributed by atoms with van der Waals surface area (Å²) in [6, 6.07) is 12.5. The van der Waals surface area contributed by atoms with E-state index < -0.39 is 0 Å².